The first kappa shape index (κ1) is 16.3. The summed E-state index contributed by atoms with van der Waals surface area (Å²) in [5, 5.41) is 16.5. The zero-order chi connectivity index (χ0) is 16.8. The van der Waals surface area contributed by atoms with E-state index in [9.17, 15) is 14.9 Å². The molecule has 0 aliphatic heterocycles. The lowest BCUT2D eigenvalue weighted by molar-refractivity contribution is -0.384. The molecule has 0 aromatic heterocycles. The molecule has 120 valence electrons. The zero-order valence-electron chi connectivity index (χ0n) is 12.8. The van der Waals surface area contributed by atoms with Crippen LogP contribution in [0.2, 0.25) is 0 Å². The maximum atomic E-state index is 12.1. The van der Waals surface area contributed by atoms with Gasteiger partial charge in [-0.2, -0.15) is 0 Å². The van der Waals surface area contributed by atoms with E-state index in [0.717, 1.165) is 11.3 Å². The second kappa shape index (κ2) is 7.26. The van der Waals surface area contributed by atoms with Gasteiger partial charge in [-0.05, 0) is 29.8 Å². The van der Waals surface area contributed by atoms with Gasteiger partial charge in [0.15, 0.2) is 0 Å². The van der Waals surface area contributed by atoms with Crippen molar-refractivity contribution in [2.75, 3.05) is 19.5 Å². The summed E-state index contributed by atoms with van der Waals surface area (Å²) < 4.78 is 5.06. The number of ether oxygens (including phenoxy) is 1. The van der Waals surface area contributed by atoms with Gasteiger partial charge in [-0.15, -0.1) is 0 Å². The lowest BCUT2D eigenvalue weighted by Crippen LogP contribution is -2.22. The van der Waals surface area contributed by atoms with Crippen LogP contribution in [0, 0.1) is 10.1 Å². The Morgan fingerprint density at radius 2 is 1.91 bits per heavy atom. The van der Waals surface area contributed by atoms with Crippen molar-refractivity contribution in [3.05, 3.63) is 63.7 Å². The Morgan fingerprint density at radius 3 is 2.48 bits per heavy atom. The van der Waals surface area contributed by atoms with E-state index in [1.54, 1.807) is 32.4 Å². The molecule has 0 saturated carbocycles. The van der Waals surface area contributed by atoms with Crippen LogP contribution in [0.3, 0.4) is 0 Å². The molecule has 2 aromatic carbocycles. The SMILES string of the molecule is CNc1ccc(C(=O)NCc2ccc(OC)cc2)cc1[N+](=O)[O-]. The minimum absolute atomic E-state index is 0.135. The highest BCUT2D eigenvalue weighted by Gasteiger charge is 2.16. The van der Waals surface area contributed by atoms with Gasteiger partial charge in [0.25, 0.3) is 11.6 Å². The topological polar surface area (TPSA) is 93.5 Å². The number of rotatable bonds is 6. The minimum Gasteiger partial charge on any atom is -0.497 e. The van der Waals surface area contributed by atoms with E-state index >= 15 is 0 Å². The number of amides is 1. The molecule has 1 amide bonds. The molecule has 2 N–H and O–H groups in total. The molecule has 0 atom stereocenters. The van der Waals surface area contributed by atoms with E-state index in [-0.39, 0.29) is 17.2 Å². The van der Waals surface area contributed by atoms with Gasteiger partial charge < -0.3 is 15.4 Å². The fraction of sp³-hybridized carbons (Fsp3) is 0.188. The standard InChI is InChI=1S/C16H17N3O4/c1-17-14-8-5-12(9-15(14)19(21)22)16(20)18-10-11-3-6-13(23-2)7-4-11/h3-9,17H,10H2,1-2H3,(H,18,20). The second-order valence-corrected chi connectivity index (χ2v) is 4.77. The third kappa shape index (κ3) is 3.97. The number of benzene rings is 2. The Hall–Kier alpha value is -3.09. The maximum absolute atomic E-state index is 12.1. The fourth-order valence-corrected chi connectivity index (χ4v) is 2.06. The first-order chi connectivity index (χ1) is 11.0. The van der Waals surface area contributed by atoms with E-state index in [1.165, 1.54) is 12.1 Å². The fourth-order valence-electron chi connectivity index (χ4n) is 2.06. The molecular formula is C16H17N3O4. The number of anilines is 1. The van der Waals surface area contributed by atoms with Gasteiger partial charge >= 0.3 is 0 Å². The minimum atomic E-state index is -0.522. The van der Waals surface area contributed by atoms with Crippen LogP contribution in [0.4, 0.5) is 11.4 Å². The molecule has 0 aliphatic rings. The highest BCUT2D eigenvalue weighted by Crippen LogP contribution is 2.25. The highest BCUT2D eigenvalue weighted by atomic mass is 16.6. The number of nitro groups is 1. The summed E-state index contributed by atoms with van der Waals surface area (Å²) in [5.41, 5.74) is 1.37. The third-order valence-electron chi connectivity index (χ3n) is 3.34. The maximum Gasteiger partial charge on any atom is 0.293 e. The molecule has 7 nitrogen and oxygen atoms in total. The molecule has 0 bridgehead atoms. The van der Waals surface area contributed by atoms with Crippen LogP contribution in [0.5, 0.6) is 5.75 Å². The Morgan fingerprint density at radius 1 is 1.22 bits per heavy atom. The predicted molar refractivity (Wildman–Crippen MR) is 86.8 cm³/mol. The number of nitro benzene ring substituents is 1. The van der Waals surface area contributed by atoms with Crippen LogP contribution < -0.4 is 15.4 Å². The number of hydrogen-bond donors (Lipinski definition) is 2. The summed E-state index contributed by atoms with van der Waals surface area (Å²) in [6.07, 6.45) is 0. The molecule has 0 spiro atoms. The predicted octanol–water partition coefficient (Wildman–Crippen LogP) is 2.58. The van der Waals surface area contributed by atoms with Crippen LogP contribution >= 0.6 is 0 Å². The average molecular weight is 315 g/mol. The monoisotopic (exact) mass is 315 g/mol. The number of carbonyl (C=O) groups is 1. The van der Waals surface area contributed by atoms with Crippen molar-refractivity contribution in [3.63, 3.8) is 0 Å². The summed E-state index contributed by atoms with van der Waals surface area (Å²) in [5.74, 6) is 0.366. The summed E-state index contributed by atoms with van der Waals surface area (Å²) in [4.78, 5) is 22.6. The van der Waals surface area contributed by atoms with Gasteiger partial charge in [-0.25, -0.2) is 0 Å². The number of carbonyl (C=O) groups excluding carboxylic acids is 1. The average Bonchev–Trinajstić information content (AvgIpc) is 2.59. The molecule has 0 fully saturated rings. The second-order valence-electron chi connectivity index (χ2n) is 4.77. The molecule has 0 saturated heterocycles. The summed E-state index contributed by atoms with van der Waals surface area (Å²) in [6.45, 7) is 0.324. The summed E-state index contributed by atoms with van der Waals surface area (Å²) in [6, 6.07) is 11.6. The van der Waals surface area contributed by atoms with Crippen molar-refractivity contribution in [1.82, 2.24) is 5.32 Å². The van der Waals surface area contributed by atoms with E-state index in [2.05, 4.69) is 10.6 Å². The Balaban J connectivity index is 2.08. The molecule has 2 rings (SSSR count). The van der Waals surface area contributed by atoms with E-state index in [0.29, 0.717) is 12.2 Å². The molecule has 0 radical (unpaired) electrons. The lowest BCUT2D eigenvalue weighted by atomic mass is 10.1. The van der Waals surface area contributed by atoms with Gasteiger partial charge in [0.2, 0.25) is 0 Å². The smallest absolute Gasteiger partial charge is 0.293 e. The molecule has 2 aromatic rings. The Labute approximate surface area is 133 Å². The van der Waals surface area contributed by atoms with Crippen LogP contribution in [0.25, 0.3) is 0 Å². The van der Waals surface area contributed by atoms with Gasteiger partial charge in [0, 0.05) is 25.2 Å². The van der Waals surface area contributed by atoms with Crippen molar-refractivity contribution >= 4 is 17.3 Å². The highest BCUT2D eigenvalue weighted by molar-refractivity contribution is 5.95. The van der Waals surface area contributed by atoms with Crippen molar-refractivity contribution in [2.24, 2.45) is 0 Å². The van der Waals surface area contributed by atoms with Gasteiger partial charge in [0.05, 0.1) is 12.0 Å². The zero-order valence-corrected chi connectivity index (χ0v) is 12.8. The van der Waals surface area contributed by atoms with Crippen molar-refractivity contribution in [3.8, 4) is 5.75 Å². The first-order valence-electron chi connectivity index (χ1n) is 6.92. The van der Waals surface area contributed by atoms with Gasteiger partial charge in [-0.1, -0.05) is 12.1 Å². The molecular weight excluding hydrogens is 298 g/mol. The third-order valence-corrected chi connectivity index (χ3v) is 3.34. The number of hydrogen-bond acceptors (Lipinski definition) is 5. The van der Waals surface area contributed by atoms with E-state index in [4.69, 9.17) is 4.74 Å². The van der Waals surface area contributed by atoms with Crippen LogP contribution in [0.1, 0.15) is 15.9 Å². The molecule has 0 unspecified atom stereocenters. The Bertz CT molecular complexity index is 714. The number of methoxy groups -OCH3 is 1. The molecule has 0 aliphatic carbocycles. The van der Waals surface area contributed by atoms with Crippen molar-refractivity contribution in [2.45, 2.75) is 6.54 Å². The largest absolute Gasteiger partial charge is 0.497 e. The first-order valence-corrected chi connectivity index (χ1v) is 6.92. The van der Waals surface area contributed by atoms with Crippen molar-refractivity contribution in [1.29, 1.82) is 0 Å². The quantitative estimate of drug-likeness (QED) is 0.631. The summed E-state index contributed by atoms with van der Waals surface area (Å²) >= 11 is 0. The normalized spacial score (nSPS) is 10.0. The number of nitrogens with one attached hydrogen (secondary N) is 2. The summed E-state index contributed by atoms with van der Waals surface area (Å²) in [7, 11) is 3.17. The van der Waals surface area contributed by atoms with E-state index < -0.39 is 4.92 Å². The van der Waals surface area contributed by atoms with Gasteiger partial charge in [-0.3, -0.25) is 14.9 Å². The lowest BCUT2D eigenvalue weighted by Gasteiger charge is -2.08. The molecule has 23 heavy (non-hydrogen) atoms. The van der Waals surface area contributed by atoms with Crippen LogP contribution in [-0.4, -0.2) is 25.0 Å². The van der Waals surface area contributed by atoms with Gasteiger partial charge in [0.1, 0.15) is 11.4 Å². The van der Waals surface area contributed by atoms with Crippen LogP contribution in [0.15, 0.2) is 42.5 Å². The van der Waals surface area contributed by atoms with Crippen molar-refractivity contribution < 1.29 is 14.5 Å². The molecule has 7 heteroatoms. The number of nitrogens with zero attached hydrogens (tertiary/aromatic N) is 1. The van der Waals surface area contributed by atoms with E-state index in [1.807, 2.05) is 12.1 Å². The Kier molecular flexibility index (Phi) is 5.14. The van der Waals surface area contributed by atoms with Crippen LogP contribution in [-0.2, 0) is 6.54 Å². The molecule has 0 heterocycles.